The lowest BCUT2D eigenvalue weighted by molar-refractivity contribution is 0.590. The number of benzene rings is 22. The van der Waals surface area contributed by atoms with E-state index < -0.39 is 36.3 Å². The average molecular weight is 1980 g/mol. The van der Waals surface area contributed by atoms with Crippen LogP contribution in [0.15, 0.2) is 517 Å². The Morgan fingerprint density at radius 2 is 0.409 bits per heavy atom. The molecule has 0 N–H and O–H groups in total. The molecule has 28 aromatic rings. The lowest BCUT2D eigenvalue weighted by atomic mass is 9.86. The SMILES string of the molecule is CC(C)(C)c1ccc(-c2ccc(N(c3ccc(-c4ccc(C(C)(C)C)cc4)cc3)c3cccc4c3oc3c4ccc4sc5ccccc5c43)cc2)cc1.[2H]c1c([2H])c([2H])c(-c2ccc(N(c3ccc(-c4c([2H])c([2H])c([2H])c([2H])c4[2H])cc3)c3cccc4c3oc3c4ccc4sc5ccccc5c43)cc2)c([2H])c1[2H].c1ccc(-c2ccc(N(c3ccc(-c4ccccc4-c4ccccc4)cc3)c3cccc4c3oc3c4ccc4sc5ccccc5c43)cc2)cc1. The summed E-state index contributed by atoms with van der Waals surface area (Å²) in [4.78, 5) is 6.65. The highest BCUT2D eigenvalue weighted by molar-refractivity contribution is 7.27. The molecular formula is C140H101N3O3S3. The predicted molar refractivity (Wildman–Crippen MR) is 639 cm³/mol. The minimum atomic E-state index is -0.458. The lowest BCUT2D eigenvalue weighted by Gasteiger charge is -2.26. The average Bonchev–Trinajstić information content (AvgIpc) is 1.58. The molecule has 0 bridgehead atoms. The third-order valence-corrected chi connectivity index (χ3v) is 32.0. The van der Waals surface area contributed by atoms with Crippen molar-refractivity contribution in [1.29, 1.82) is 0 Å². The summed E-state index contributed by atoms with van der Waals surface area (Å²) in [7, 11) is 0. The second-order valence-corrected chi connectivity index (χ2v) is 43.0. The smallest absolute Gasteiger partial charge is 0.159 e. The summed E-state index contributed by atoms with van der Waals surface area (Å²) >= 11 is 5.35. The molecule has 0 radical (unpaired) electrons. The van der Waals surface area contributed by atoms with Crippen molar-refractivity contribution in [3.05, 3.63) is 514 Å². The number of hydrogen-bond acceptors (Lipinski definition) is 9. The van der Waals surface area contributed by atoms with Crippen LogP contribution in [0.2, 0.25) is 0 Å². The zero-order valence-electron chi connectivity index (χ0n) is 92.4. The minimum Gasteiger partial charge on any atom is -0.453 e. The first kappa shape index (κ1) is 80.6. The van der Waals surface area contributed by atoms with Gasteiger partial charge in [0, 0.05) is 127 Å². The molecule has 0 atom stereocenters. The maximum Gasteiger partial charge on any atom is 0.159 e. The highest BCUT2D eigenvalue weighted by Gasteiger charge is 2.29. The largest absolute Gasteiger partial charge is 0.453 e. The summed E-state index contributed by atoms with van der Waals surface area (Å²) in [6.45, 7) is 13.5. The predicted octanol–water partition coefficient (Wildman–Crippen LogP) is 42.5. The molecule has 6 nitrogen and oxygen atoms in total. The highest BCUT2D eigenvalue weighted by Crippen LogP contribution is 2.53. The van der Waals surface area contributed by atoms with E-state index in [0.29, 0.717) is 33.8 Å². The molecule has 0 saturated carbocycles. The molecular weight excluding hydrogens is 1870 g/mol. The Kier molecular flexibility index (Phi) is 20.6. The topological polar surface area (TPSA) is 49.1 Å². The normalized spacial score (nSPS) is 12.8. The van der Waals surface area contributed by atoms with Crippen LogP contribution in [0.25, 0.3) is 204 Å². The number of rotatable bonds is 16. The van der Waals surface area contributed by atoms with Crippen molar-refractivity contribution in [3.8, 4) is 77.9 Å². The molecule has 28 rings (SSSR count). The summed E-state index contributed by atoms with van der Waals surface area (Å²) < 4.78 is 111. The fraction of sp³-hybridized carbons (Fsp3) is 0.0571. The molecule has 0 amide bonds. The molecule has 0 spiro atoms. The van der Waals surface area contributed by atoms with E-state index in [1.54, 1.807) is 35.6 Å². The molecule has 149 heavy (non-hydrogen) atoms. The summed E-state index contributed by atoms with van der Waals surface area (Å²) in [6, 6.07) is 151. The van der Waals surface area contributed by atoms with Gasteiger partial charge in [0.15, 0.2) is 16.7 Å². The molecule has 0 aliphatic carbocycles. The van der Waals surface area contributed by atoms with Crippen LogP contribution in [-0.4, -0.2) is 0 Å². The summed E-state index contributed by atoms with van der Waals surface area (Å²) in [6.07, 6.45) is 0. The number of hydrogen-bond donors (Lipinski definition) is 0. The summed E-state index contributed by atoms with van der Waals surface area (Å²) in [5.74, 6) is 0. The van der Waals surface area contributed by atoms with Crippen molar-refractivity contribution in [1.82, 2.24) is 0 Å². The van der Waals surface area contributed by atoms with Gasteiger partial charge >= 0.3 is 0 Å². The van der Waals surface area contributed by atoms with Gasteiger partial charge < -0.3 is 28.0 Å². The standard InChI is InChI=1S/C50H43NOS.C48H31NOS.C42H27NOS/c1-49(2,3)36-22-14-32(15-23-36)34-18-26-38(27-19-34)51(39-28-20-35(21-29-39)33-16-24-37(25-17-33)50(4,5)6)43-12-9-11-40-41-30-31-45-46(48(41)52-47(40)43)42-10-7-8-13-44(42)53-45;1-3-12-32(13-4-1)33-22-26-36(27-23-33)49(37-28-24-35(25-29-37)39-17-8-7-16-38(39)34-14-5-2-6-15-34)43-20-11-19-40-41-30-31-45-46(48(41)50-47(40)43)42-18-9-10-21-44(42)51-45;1-3-10-28(11-4-1)30-18-22-32(23-19-30)43(33-24-20-31(21-25-33)29-12-5-2-6-13-29)37-16-9-15-34-35-26-27-39-40(42(35)44-41(34)37)36-14-7-8-17-38(36)45-39/h7-31H,1-6H3;1-31H;1-27H/i;;1D,2D,3D,4D,5D,6D,10D,11D,12D,13D. The third-order valence-electron chi connectivity index (χ3n) is 28.6. The lowest BCUT2D eigenvalue weighted by Crippen LogP contribution is -2.10. The van der Waals surface area contributed by atoms with Crippen molar-refractivity contribution < 1.29 is 27.0 Å². The van der Waals surface area contributed by atoms with Crippen LogP contribution in [0.4, 0.5) is 51.2 Å². The molecule has 0 aliphatic rings. The van der Waals surface area contributed by atoms with Crippen LogP contribution < -0.4 is 14.7 Å². The zero-order chi connectivity index (χ0) is 109. The van der Waals surface area contributed by atoms with Crippen LogP contribution in [-0.2, 0) is 10.8 Å². The van der Waals surface area contributed by atoms with Gasteiger partial charge in [-0.05, 0) is 245 Å². The Morgan fingerprint density at radius 3 is 0.705 bits per heavy atom. The number of fused-ring (bicyclic) bond motifs is 21. The molecule has 6 heterocycles. The first-order valence-electron chi connectivity index (χ1n) is 55.1. The van der Waals surface area contributed by atoms with Gasteiger partial charge in [-0.3, -0.25) is 0 Å². The monoisotopic (exact) mass is 1980 g/mol. The highest BCUT2D eigenvalue weighted by atomic mass is 32.1. The van der Waals surface area contributed by atoms with Gasteiger partial charge in [0.2, 0.25) is 0 Å². The Morgan fingerprint density at radius 1 is 0.181 bits per heavy atom. The number of thiophene rings is 3. The van der Waals surface area contributed by atoms with Gasteiger partial charge in [-0.15, -0.1) is 34.0 Å². The van der Waals surface area contributed by atoms with E-state index in [1.807, 2.05) is 82.2 Å². The summed E-state index contributed by atoms with van der Waals surface area (Å²) in [5, 5.41) is 13.4. The van der Waals surface area contributed by atoms with E-state index in [4.69, 9.17) is 27.0 Å². The van der Waals surface area contributed by atoms with E-state index >= 15 is 0 Å². The van der Waals surface area contributed by atoms with E-state index in [9.17, 15) is 0 Å². The Labute approximate surface area is 891 Å². The number of anilines is 9. The fourth-order valence-electron chi connectivity index (χ4n) is 21.1. The first-order chi connectivity index (χ1) is 77.3. The van der Waals surface area contributed by atoms with E-state index in [0.717, 1.165) is 115 Å². The number of nitrogens with zero attached hydrogens (tertiary/aromatic N) is 3. The van der Waals surface area contributed by atoms with Crippen LogP contribution in [0.1, 0.15) is 66.4 Å². The van der Waals surface area contributed by atoms with Crippen molar-refractivity contribution >= 4 is 212 Å². The number of para-hydroxylation sites is 3. The molecule has 22 aromatic carbocycles. The van der Waals surface area contributed by atoms with Gasteiger partial charge in [0.25, 0.3) is 0 Å². The maximum absolute atomic E-state index is 8.52. The van der Waals surface area contributed by atoms with Crippen LogP contribution >= 0.6 is 34.0 Å². The van der Waals surface area contributed by atoms with Gasteiger partial charge in [0.05, 0.1) is 30.8 Å². The van der Waals surface area contributed by atoms with Crippen molar-refractivity contribution in [2.45, 2.75) is 52.4 Å². The summed E-state index contributed by atoms with van der Waals surface area (Å²) in [5.41, 5.74) is 29.4. The third kappa shape index (κ3) is 17.0. The zero-order valence-corrected chi connectivity index (χ0v) is 84.9. The number of furan rings is 3. The molecule has 0 fully saturated rings. The van der Waals surface area contributed by atoms with Crippen LogP contribution in [0.3, 0.4) is 0 Å². The van der Waals surface area contributed by atoms with Crippen molar-refractivity contribution in [2.24, 2.45) is 0 Å². The molecule has 0 unspecified atom stereocenters. The quantitative estimate of drug-likeness (QED) is 0.0961. The molecule has 9 heteroatoms. The van der Waals surface area contributed by atoms with Crippen LogP contribution in [0.5, 0.6) is 0 Å². The Hall–Kier alpha value is -17.7. The van der Waals surface area contributed by atoms with E-state index in [-0.39, 0.29) is 46.1 Å². The Bertz CT molecular complexity index is 10300. The molecule has 0 saturated heterocycles. The first-order valence-corrected chi connectivity index (χ1v) is 52.6. The fourth-order valence-corrected chi connectivity index (χ4v) is 24.4. The van der Waals surface area contributed by atoms with E-state index in [1.165, 1.54) is 107 Å². The molecule has 712 valence electrons. The van der Waals surface area contributed by atoms with E-state index in [2.05, 4.69) is 415 Å². The Balaban J connectivity index is 0.000000118. The second kappa shape index (κ2) is 38.0. The maximum atomic E-state index is 8.52. The van der Waals surface area contributed by atoms with Gasteiger partial charge in [0.1, 0.15) is 16.7 Å². The van der Waals surface area contributed by atoms with Crippen molar-refractivity contribution in [2.75, 3.05) is 14.7 Å². The second-order valence-electron chi connectivity index (χ2n) is 39.7. The molecule has 0 aliphatic heterocycles. The van der Waals surface area contributed by atoms with Gasteiger partial charge in [-0.2, -0.15) is 0 Å². The minimum absolute atomic E-state index is 0.0958. The van der Waals surface area contributed by atoms with Crippen LogP contribution in [0, 0.1) is 0 Å². The molecule has 6 aromatic heterocycles. The van der Waals surface area contributed by atoms with Gasteiger partial charge in [-0.1, -0.05) is 399 Å². The van der Waals surface area contributed by atoms with Crippen molar-refractivity contribution in [3.63, 3.8) is 0 Å². The van der Waals surface area contributed by atoms with Gasteiger partial charge in [-0.25, -0.2) is 0 Å².